The third-order valence-electron chi connectivity index (χ3n) is 3.69. The lowest BCUT2D eigenvalue weighted by molar-refractivity contribution is -0.146. The Hall–Kier alpha value is -3.42. The number of fused-ring (bicyclic) bond motifs is 1. The van der Waals surface area contributed by atoms with Crippen molar-refractivity contribution in [3.63, 3.8) is 0 Å². The van der Waals surface area contributed by atoms with Crippen LogP contribution in [0.15, 0.2) is 36.4 Å². The molecule has 0 atom stereocenters. The van der Waals surface area contributed by atoms with Crippen LogP contribution in [0, 0.1) is 0 Å². The summed E-state index contributed by atoms with van der Waals surface area (Å²) in [6, 6.07) is 10.4. The highest BCUT2D eigenvalue weighted by Crippen LogP contribution is 2.29. The lowest BCUT2D eigenvalue weighted by atomic mass is 10.1. The van der Waals surface area contributed by atoms with Gasteiger partial charge in [0.05, 0.1) is 13.2 Å². The fraction of sp³-hybridized carbons (Fsp3) is 0.300. The van der Waals surface area contributed by atoms with Crippen molar-refractivity contribution in [2.24, 2.45) is 0 Å². The molecule has 0 unspecified atom stereocenters. The van der Waals surface area contributed by atoms with E-state index in [4.69, 9.17) is 9.47 Å². The van der Waals surface area contributed by atoms with E-state index in [2.05, 4.69) is 10.6 Å². The van der Waals surface area contributed by atoms with Gasteiger partial charge in [-0.15, -0.1) is 0 Å². The largest absolute Gasteiger partial charge is 0.466 e. The van der Waals surface area contributed by atoms with Crippen molar-refractivity contribution in [1.82, 2.24) is 0 Å². The quantitative estimate of drug-likeness (QED) is 0.533. The van der Waals surface area contributed by atoms with Crippen LogP contribution < -0.4 is 10.6 Å². The monoisotopic (exact) mass is 386 g/mol. The van der Waals surface area contributed by atoms with Gasteiger partial charge in [0.1, 0.15) is 12.8 Å². The lowest BCUT2D eigenvalue weighted by Crippen LogP contribution is -2.19. The molecule has 0 fully saturated rings. The molecule has 2 amide bonds. The standard InChI is InChI=1S/C20H22N2O6/c1-3-27-19(25)11-17(23)21-15-9-5-8-14-13(15)7-6-10-16(14)22-18(24)12-20(26)28-4-2/h5-10H,3-4,11-12H2,1-2H3,(H,21,23)(H,22,24). The van der Waals surface area contributed by atoms with Crippen molar-refractivity contribution in [3.8, 4) is 0 Å². The van der Waals surface area contributed by atoms with E-state index in [1.165, 1.54) is 0 Å². The third-order valence-corrected chi connectivity index (χ3v) is 3.69. The molecule has 2 aromatic rings. The highest BCUT2D eigenvalue weighted by atomic mass is 16.5. The molecule has 0 radical (unpaired) electrons. The Kier molecular flexibility index (Phi) is 7.50. The van der Waals surface area contributed by atoms with Crippen LogP contribution in [0.4, 0.5) is 11.4 Å². The number of benzene rings is 2. The summed E-state index contributed by atoms with van der Waals surface area (Å²) in [5.41, 5.74) is 0.988. The van der Waals surface area contributed by atoms with Crippen molar-refractivity contribution >= 4 is 45.9 Å². The molecule has 0 aliphatic carbocycles. The Bertz CT molecular complexity index is 820. The van der Waals surface area contributed by atoms with Crippen LogP contribution >= 0.6 is 0 Å². The number of esters is 2. The number of hydrogen-bond acceptors (Lipinski definition) is 6. The fourth-order valence-corrected chi connectivity index (χ4v) is 2.60. The van der Waals surface area contributed by atoms with Gasteiger partial charge in [-0.2, -0.15) is 0 Å². The van der Waals surface area contributed by atoms with Crippen molar-refractivity contribution in [2.45, 2.75) is 26.7 Å². The Morgan fingerprint density at radius 1 is 0.714 bits per heavy atom. The highest BCUT2D eigenvalue weighted by Gasteiger charge is 2.14. The smallest absolute Gasteiger partial charge is 0.315 e. The first kappa shape index (κ1) is 20.9. The SMILES string of the molecule is CCOC(=O)CC(=O)Nc1cccc2c(NC(=O)CC(=O)OCC)cccc12. The molecule has 8 heteroatoms. The first-order chi connectivity index (χ1) is 13.4. The van der Waals surface area contributed by atoms with Crippen LogP contribution in [0.5, 0.6) is 0 Å². The first-order valence-corrected chi connectivity index (χ1v) is 8.87. The van der Waals surface area contributed by atoms with Gasteiger partial charge in [-0.3, -0.25) is 19.2 Å². The van der Waals surface area contributed by atoms with Crippen molar-refractivity contribution < 1.29 is 28.7 Å². The summed E-state index contributed by atoms with van der Waals surface area (Å²) in [4.78, 5) is 47.0. The normalized spacial score (nSPS) is 10.2. The molecule has 0 saturated heterocycles. The summed E-state index contributed by atoms with van der Waals surface area (Å²) >= 11 is 0. The van der Waals surface area contributed by atoms with Crippen molar-refractivity contribution in [2.75, 3.05) is 23.8 Å². The van der Waals surface area contributed by atoms with Crippen molar-refractivity contribution in [3.05, 3.63) is 36.4 Å². The van der Waals surface area contributed by atoms with Crippen LogP contribution in [0.25, 0.3) is 10.8 Å². The van der Waals surface area contributed by atoms with Gasteiger partial charge in [-0.05, 0) is 26.0 Å². The maximum atomic E-state index is 12.1. The fourth-order valence-electron chi connectivity index (χ4n) is 2.60. The molecule has 2 N–H and O–H groups in total. The topological polar surface area (TPSA) is 111 Å². The van der Waals surface area contributed by atoms with Gasteiger partial charge in [0.15, 0.2) is 0 Å². The van der Waals surface area contributed by atoms with Crippen LogP contribution in [-0.4, -0.2) is 37.0 Å². The van der Waals surface area contributed by atoms with E-state index < -0.39 is 23.8 Å². The lowest BCUT2D eigenvalue weighted by Gasteiger charge is -2.12. The molecule has 0 bridgehead atoms. The second kappa shape index (κ2) is 10.1. The Balaban J connectivity index is 2.17. The Labute approximate surface area is 162 Å². The molecular formula is C20H22N2O6. The van der Waals surface area contributed by atoms with Gasteiger partial charge in [0, 0.05) is 22.1 Å². The maximum Gasteiger partial charge on any atom is 0.315 e. The van der Waals surface area contributed by atoms with Gasteiger partial charge >= 0.3 is 11.9 Å². The van der Waals surface area contributed by atoms with Gasteiger partial charge in [0.2, 0.25) is 11.8 Å². The number of rotatable bonds is 8. The third kappa shape index (κ3) is 5.80. The van der Waals surface area contributed by atoms with Crippen molar-refractivity contribution in [1.29, 1.82) is 0 Å². The zero-order valence-electron chi connectivity index (χ0n) is 15.7. The zero-order chi connectivity index (χ0) is 20.5. The highest BCUT2D eigenvalue weighted by molar-refractivity contribution is 6.12. The predicted octanol–water partition coefficient (Wildman–Crippen LogP) is 2.62. The Morgan fingerprint density at radius 2 is 1.11 bits per heavy atom. The van der Waals surface area contributed by atoms with Crippen LogP contribution in [0.3, 0.4) is 0 Å². The van der Waals surface area contributed by atoms with E-state index >= 15 is 0 Å². The van der Waals surface area contributed by atoms with E-state index in [0.717, 1.165) is 0 Å². The number of ether oxygens (including phenoxy) is 2. The summed E-state index contributed by atoms with van der Waals surface area (Å²) in [7, 11) is 0. The van der Waals surface area contributed by atoms with Crippen LogP contribution in [-0.2, 0) is 28.7 Å². The minimum atomic E-state index is -0.604. The Morgan fingerprint density at radius 3 is 1.46 bits per heavy atom. The number of anilines is 2. The summed E-state index contributed by atoms with van der Waals surface area (Å²) in [5.74, 6) is -2.20. The summed E-state index contributed by atoms with van der Waals surface area (Å²) in [6.07, 6.45) is -0.777. The summed E-state index contributed by atoms with van der Waals surface area (Å²) in [5, 5.41) is 6.70. The molecule has 0 aromatic heterocycles. The molecule has 0 saturated carbocycles. The molecular weight excluding hydrogens is 364 g/mol. The van der Waals surface area contributed by atoms with Gasteiger partial charge in [0.25, 0.3) is 0 Å². The molecule has 148 valence electrons. The number of amides is 2. The van der Waals surface area contributed by atoms with Crippen LogP contribution in [0.1, 0.15) is 26.7 Å². The van der Waals surface area contributed by atoms with Gasteiger partial charge < -0.3 is 20.1 Å². The minimum Gasteiger partial charge on any atom is -0.466 e. The number of carbonyl (C=O) groups excluding carboxylic acids is 4. The molecule has 0 aliphatic rings. The van der Waals surface area contributed by atoms with Gasteiger partial charge in [-0.1, -0.05) is 24.3 Å². The first-order valence-electron chi connectivity index (χ1n) is 8.87. The molecule has 28 heavy (non-hydrogen) atoms. The maximum absolute atomic E-state index is 12.1. The molecule has 8 nitrogen and oxygen atoms in total. The van der Waals surface area contributed by atoms with E-state index in [9.17, 15) is 19.2 Å². The second-order valence-corrected chi connectivity index (χ2v) is 5.77. The summed E-state index contributed by atoms with van der Waals surface area (Å²) in [6.45, 7) is 3.74. The summed E-state index contributed by atoms with van der Waals surface area (Å²) < 4.78 is 9.53. The second-order valence-electron chi connectivity index (χ2n) is 5.77. The van der Waals surface area contributed by atoms with Crippen LogP contribution in [0.2, 0.25) is 0 Å². The number of hydrogen-bond donors (Lipinski definition) is 2. The minimum absolute atomic E-state index is 0.204. The van der Waals surface area contributed by atoms with E-state index in [1.54, 1.807) is 50.2 Å². The predicted molar refractivity (Wildman–Crippen MR) is 104 cm³/mol. The van der Waals surface area contributed by atoms with E-state index in [1.807, 2.05) is 0 Å². The molecule has 0 aliphatic heterocycles. The molecule has 0 spiro atoms. The molecule has 2 aromatic carbocycles. The average molecular weight is 386 g/mol. The number of nitrogens with one attached hydrogen (secondary N) is 2. The van der Waals surface area contributed by atoms with E-state index in [-0.39, 0.29) is 26.1 Å². The molecule has 0 heterocycles. The zero-order valence-corrected chi connectivity index (χ0v) is 15.7. The van der Waals surface area contributed by atoms with Gasteiger partial charge in [-0.25, -0.2) is 0 Å². The average Bonchev–Trinajstić information content (AvgIpc) is 2.62. The number of carbonyl (C=O) groups is 4. The molecule has 2 rings (SSSR count). The van der Waals surface area contributed by atoms with E-state index in [0.29, 0.717) is 22.1 Å².